The molecule has 1 aromatic carbocycles. The van der Waals surface area contributed by atoms with Gasteiger partial charge in [0, 0.05) is 13.5 Å². The summed E-state index contributed by atoms with van der Waals surface area (Å²) in [5, 5.41) is 18.4. The molecule has 0 aliphatic heterocycles. The lowest BCUT2D eigenvalue weighted by Crippen LogP contribution is -2.26. The summed E-state index contributed by atoms with van der Waals surface area (Å²) in [5.41, 5.74) is -0.399. The molecule has 0 spiro atoms. The molecular formula is C12H21N4O5P. The van der Waals surface area contributed by atoms with Crippen LogP contribution in [0.4, 0.5) is 0 Å². The van der Waals surface area contributed by atoms with Crippen LogP contribution in [0.5, 0.6) is 0 Å². The van der Waals surface area contributed by atoms with Crippen molar-refractivity contribution in [3.8, 4) is 6.07 Å². The van der Waals surface area contributed by atoms with E-state index in [-0.39, 0.29) is 25.3 Å². The summed E-state index contributed by atoms with van der Waals surface area (Å²) < 4.78 is 11.5. The van der Waals surface area contributed by atoms with Crippen LogP contribution in [0.2, 0.25) is 0 Å². The van der Waals surface area contributed by atoms with E-state index >= 15 is 0 Å². The summed E-state index contributed by atoms with van der Waals surface area (Å²) in [5.74, 6) is -0.603. The Morgan fingerprint density at radius 3 is 2.18 bits per heavy atom. The highest BCUT2D eigenvalue weighted by molar-refractivity contribution is 7.52. The molecule has 0 bridgehead atoms. The van der Waals surface area contributed by atoms with E-state index in [0.717, 1.165) is 6.92 Å². The highest BCUT2D eigenvalue weighted by Crippen LogP contribution is 2.53. The van der Waals surface area contributed by atoms with Gasteiger partial charge in [0.25, 0.3) is 0 Å². The maximum Gasteiger partial charge on any atom is 0.333 e. The van der Waals surface area contributed by atoms with Crippen LogP contribution in [-0.4, -0.2) is 32.5 Å². The van der Waals surface area contributed by atoms with Crippen molar-refractivity contribution in [1.29, 1.82) is 5.26 Å². The van der Waals surface area contributed by atoms with Crippen LogP contribution in [0.25, 0.3) is 0 Å². The molecule has 124 valence electrons. The number of carbonyl (C=O) groups excluding carboxylic acids is 1. The number of nitrogens with zero attached hydrogens (tertiary/aromatic N) is 2. The van der Waals surface area contributed by atoms with Gasteiger partial charge in [-0.2, -0.15) is 5.26 Å². The first-order valence-corrected chi connectivity index (χ1v) is 7.46. The molecule has 0 heterocycles. The van der Waals surface area contributed by atoms with E-state index in [9.17, 15) is 24.4 Å². The van der Waals surface area contributed by atoms with E-state index < -0.39 is 19.2 Å². The summed E-state index contributed by atoms with van der Waals surface area (Å²) in [4.78, 5) is 29.6. The predicted octanol–water partition coefficient (Wildman–Crippen LogP) is 1.73. The van der Waals surface area contributed by atoms with Crippen LogP contribution in [-0.2, 0) is 9.36 Å². The minimum absolute atomic E-state index is 0. The molecule has 1 aromatic rings. The summed E-state index contributed by atoms with van der Waals surface area (Å²) >= 11 is 0. The first-order chi connectivity index (χ1) is 9.25. The van der Waals surface area contributed by atoms with Crippen LogP contribution >= 0.6 is 7.60 Å². The molecule has 1 rings (SSSR count). The maximum absolute atomic E-state index is 11.5. The number of hydrogen-bond donors (Lipinski definition) is 5. The zero-order valence-electron chi connectivity index (χ0n) is 12.2. The normalized spacial score (nSPS) is 11.4. The first kappa shape index (κ1) is 22.5. The molecule has 1 atom stereocenters. The van der Waals surface area contributed by atoms with Crippen molar-refractivity contribution in [3.05, 3.63) is 35.4 Å². The zero-order chi connectivity index (χ0) is 15.3. The molecule has 0 saturated heterocycles. The van der Waals surface area contributed by atoms with Crippen molar-refractivity contribution in [3.63, 3.8) is 0 Å². The lowest BCUT2D eigenvalue weighted by Gasteiger charge is -2.21. The molecule has 0 fully saturated rings. The maximum atomic E-state index is 11.5. The van der Waals surface area contributed by atoms with Gasteiger partial charge < -0.3 is 22.1 Å². The largest absolute Gasteiger partial charge is 0.344 e. The van der Waals surface area contributed by atoms with E-state index in [4.69, 9.17) is 5.26 Å². The van der Waals surface area contributed by atoms with Gasteiger partial charge in [-0.25, -0.2) is 5.06 Å². The molecule has 0 saturated carbocycles. The Balaban J connectivity index is 0. The topological polar surface area (TPSA) is 192 Å². The molecule has 9 N–H and O–H groups in total. The van der Waals surface area contributed by atoms with Crippen LogP contribution in [0.3, 0.4) is 0 Å². The average Bonchev–Trinajstić information content (AvgIpc) is 2.37. The lowest BCUT2D eigenvalue weighted by atomic mass is 10.1. The first-order valence-electron chi connectivity index (χ1n) is 5.78. The Morgan fingerprint density at radius 1 is 1.32 bits per heavy atom. The van der Waals surface area contributed by atoms with Crippen LogP contribution in [0, 0.1) is 11.3 Å². The number of hydroxylamine groups is 2. The highest BCUT2D eigenvalue weighted by Gasteiger charge is 2.30. The third-order valence-electron chi connectivity index (χ3n) is 2.81. The number of amides is 1. The fourth-order valence-electron chi connectivity index (χ4n) is 1.71. The molecule has 1 amide bonds. The van der Waals surface area contributed by atoms with E-state index in [1.807, 2.05) is 6.07 Å². The number of carbonyl (C=O) groups is 1. The van der Waals surface area contributed by atoms with Gasteiger partial charge in [-0.1, -0.05) is 12.1 Å². The highest BCUT2D eigenvalue weighted by atomic mass is 31.2. The van der Waals surface area contributed by atoms with E-state index in [0.29, 0.717) is 16.2 Å². The molecular weight excluding hydrogens is 311 g/mol. The second-order valence-corrected chi connectivity index (χ2v) is 6.07. The third kappa shape index (κ3) is 6.32. The number of benzene rings is 1. The van der Waals surface area contributed by atoms with Crippen molar-refractivity contribution < 1.29 is 24.4 Å². The van der Waals surface area contributed by atoms with E-state index in [1.54, 1.807) is 0 Å². The Bertz CT molecular complexity index is 566. The van der Waals surface area contributed by atoms with Crippen LogP contribution in [0.15, 0.2) is 24.3 Å². The molecule has 10 heteroatoms. The SMILES string of the molecule is CC(=O)N(O)CCC(c1ccc(C#N)cc1)P(=O)(O)O.N.N. The van der Waals surface area contributed by atoms with Crippen molar-refractivity contribution in [2.24, 2.45) is 0 Å². The van der Waals surface area contributed by atoms with Crippen molar-refractivity contribution in [2.75, 3.05) is 6.54 Å². The van der Waals surface area contributed by atoms with Gasteiger partial charge in [0.2, 0.25) is 5.91 Å². The van der Waals surface area contributed by atoms with Crippen LogP contribution < -0.4 is 12.3 Å². The van der Waals surface area contributed by atoms with Gasteiger partial charge in [-0.15, -0.1) is 0 Å². The van der Waals surface area contributed by atoms with Gasteiger partial charge >= 0.3 is 7.60 Å². The van der Waals surface area contributed by atoms with E-state index in [2.05, 4.69) is 0 Å². The number of hydrogen-bond acceptors (Lipinski definition) is 6. The fourth-order valence-corrected chi connectivity index (χ4v) is 2.72. The van der Waals surface area contributed by atoms with Gasteiger partial charge in [0.05, 0.1) is 17.3 Å². The number of rotatable bonds is 5. The van der Waals surface area contributed by atoms with Gasteiger partial charge in [0.15, 0.2) is 0 Å². The molecule has 0 radical (unpaired) electrons. The van der Waals surface area contributed by atoms with Gasteiger partial charge in [0.1, 0.15) is 0 Å². The quantitative estimate of drug-likeness (QED) is 0.305. The minimum atomic E-state index is -4.44. The van der Waals surface area contributed by atoms with E-state index in [1.165, 1.54) is 24.3 Å². The molecule has 1 unspecified atom stereocenters. The Kier molecular flexibility index (Phi) is 9.48. The molecule has 0 aliphatic carbocycles. The summed E-state index contributed by atoms with van der Waals surface area (Å²) in [6.07, 6.45) is -0.0910. The van der Waals surface area contributed by atoms with Gasteiger partial charge in [-0.3, -0.25) is 14.6 Å². The Labute approximate surface area is 128 Å². The zero-order valence-corrected chi connectivity index (χ0v) is 13.1. The molecule has 0 aliphatic rings. The predicted molar refractivity (Wildman–Crippen MR) is 79.8 cm³/mol. The minimum Gasteiger partial charge on any atom is -0.344 e. The second-order valence-electron chi connectivity index (χ2n) is 4.27. The smallest absolute Gasteiger partial charge is 0.333 e. The van der Waals surface area contributed by atoms with Crippen LogP contribution in [0.1, 0.15) is 30.1 Å². The van der Waals surface area contributed by atoms with Crippen molar-refractivity contribution >= 4 is 13.5 Å². The lowest BCUT2D eigenvalue weighted by molar-refractivity contribution is -0.162. The number of nitriles is 1. The Hall–Kier alpha value is -1.79. The summed E-state index contributed by atoms with van der Waals surface area (Å²) in [7, 11) is -4.44. The van der Waals surface area contributed by atoms with Gasteiger partial charge in [-0.05, 0) is 24.1 Å². The summed E-state index contributed by atoms with van der Waals surface area (Å²) in [6.45, 7) is 0.958. The fraction of sp³-hybridized carbons (Fsp3) is 0.333. The molecule has 9 nitrogen and oxygen atoms in total. The molecule has 22 heavy (non-hydrogen) atoms. The summed E-state index contributed by atoms with van der Waals surface area (Å²) in [6, 6.07) is 7.74. The molecule has 0 aromatic heterocycles. The third-order valence-corrected chi connectivity index (χ3v) is 4.18. The standard InChI is InChI=1S/C12H15N2O5P.2H3N/c1-9(15)14(16)7-6-12(20(17,18)19)11-4-2-10(8-13)3-5-11;;/h2-5,12,16H,6-7H2,1H3,(H2,17,18,19);2*1H3. The van der Waals surface area contributed by atoms with Crippen molar-refractivity contribution in [2.45, 2.75) is 19.0 Å². The Morgan fingerprint density at radius 2 is 1.82 bits per heavy atom. The monoisotopic (exact) mass is 332 g/mol. The second kappa shape index (κ2) is 9.27. The average molecular weight is 332 g/mol. The van der Waals surface area contributed by atoms with Crippen molar-refractivity contribution in [1.82, 2.24) is 17.4 Å².